The van der Waals surface area contributed by atoms with Gasteiger partial charge in [-0.05, 0) is 5.56 Å². The minimum atomic E-state index is -0.799. The highest BCUT2D eigenvalue weighted by atomic mass is 16.6. The van der Waals surface area contributed by atoms with Crippen LogP contribution in [0.25, 0.3) is 0 Å². The van der Waals surface area contributed by atoms with Gasteiger partial charge in [0.1, 0.15) is 19.8 Å². The summed E-state index contributed by atoms with van der Waals surface area (Å²) in [5.41, 5.74) is 0.861. The number of amides is 1. The summed E-state index contributed by atoms with van der Waals surface area (Å²) in [6.07, 6.45) is -0.900. The third-order valence-corrected chi connectivity index (χ3v) is 2.90. The number of alkyl carbamates (subject to hydrolysis) is 1. The lowest BCUT2D eigenvalue weighted by Crippen LogP contribution is -2.31. The Kier molecular flexibility index (Phi) is 9.35. The van der Waals surface area contributed by atoms with Gasteiger partial charge in [0.15, 0.2) is 5.78 Å². The average Bonchev–Trinajstić information content (AvgIpc) is 2.60. The maximum atomic E-state index is 11.6. The molecule has 0 saturated heterocycles. The molecule has 1 amide bonds. The first-order chi connectivity index (χ1) is 12.0. The Bertz CT molecular complexity index is 586. The minimum absolute atomic E-state index is 0.0403. The summed E-state index contributed by atoms with van der Waals surface area (Å²) in [5, 5.41) is 2.25. The number of hydrogen-bond donors (Lipinski definition) is 1. The lowest BCUT2D eigenvalue weighted by Gasteiger charge is -2.07. The molecule has 0 aliphatic rings. The van der Waals surface area contributed by atoms with Crippen molar-refractivity contribution in [2.24, 2.45) is 0 Å². The number of carbonyl (C=O) groups excluding carboxylic acids is 4. The van der Waals surface area contributed by atoms with Crippen molar-refractivity contribution in [1.29, 1.82) is 0 Å². The van der Waals surface area contributed by atoms with E-state index in [1.165, 1.54) is 6.92 Å². The second-order valence-corrected chi connectivity index (χ2v) is 5.01. The van der Waals surface area contributed by atoms with Crippen molar-refractivity contribution in [2.75, 3.05) is 19.8 Å². The number of esters is 2. The second-order valence-electron chi connectivity index (χ2n) is 5.01. The van der Waals surface area contributed by atoms with Gasteiger partial charge in [-0.1, -0.05) is 30.3 Å². The molecule has 0 saturated carbocycles. The standard InChI is InChI=1S/C17H21NO7/c1-13(19)23-9-10-24-17(22)18-11-15(20)7-8-16(21)25-12-14-5-3-2-4-6-14/h2-6H,7-12H2,1H3,(H,18,22). The molecule has 0 aliphatic carbocycles. The van der Waals surface area contributed by atoms with Crippen molar-refractivity contribution in [3.8, 4) is 0 Å². The van der Waals surface area contributed by atoms with E-state index in [9.17, 15) is 19.2 Å². The smallest absolute Gasteiger partial charge is 0.407 e. The first kappa shape index (κ1) is 20.1. The molecular formula is C17H21NO7. The van der Waals surface area contributed by atoms with E-state index in [1.807, 2.05) is 30.3 Å². The molecule has 8 nitrogen and oxygen atoms in total. The van der Waals surface area contributed by atoms with E-state index in [2.05, 4.69) is 14.8 Å². The fourth-order valence-electron chi connectivity index (χ4n) is 1.68. The van der Waals surface area contributed by atoms with Gasteiger partial charge in [-0.2, -0.15) is 0 Å². The first-order valence-electron chi connectivity index (χ1n) is 7.72. The Balaban J connectivity index is 2.08. The Hall–Kier alpha value is -2.90. The molecule has 0 heterocycles. The molecular weight excluding hydrogens is 330 g/mol. The molecule has 0 fully saturated rings. The number of rotatable bonds is 10. The van der Waals surface area contributed by atoms with Crippen LogP contribution in [0.5, 0.6) is 0 Å². The molecule has 0 aliphatic heterocycles. The highest BCUT2D eigenvalue weighted by molar-refractivity contribution is 5.86. The van der Waals surface area contributed by atoms with Crippen LogP contribution < -0.4 is 5.32 Å². The predicted octanol–water partition coefficient (Wildman–Crippen LogP) is 1.37. The fraction of sp³-hybridized carbons (Fsp3) is 0.412. The molecule has 0 radical (unpaired) electrons. The summed E-state index contributed by atoms with van der Waals surface area (Å²) in [5.74, 6) is -1.28. The summed E-state index contributed by atoms with van der Waals surface area (Å²) in [6.45, 7) is 0.984. The van der Waals surface area contributed by atoms with E-state index in [1.54, 1.807) is 0 Å². The van der Waals surface area contributed by atoms with Crippen molar-refractivity contribution < 1.29 is 33.4 Å². The van der Waals surface area contributed by atoms with Gasteiger partial charge in [0.05, 0.1) is 13.0 Å². The van der Waals surface area contributed by atoms with Gasteiger partial charge in [0.25, 0.3) is 0 Å². The van der Waals surface area contributed by atoms with Gasteiger partial charge >= 0.3 is 18.0 Å². The van der Waals surface area contributed by atoms with Crippen molar-refractivity contribution in [3.63, 3.8) is 0 Å². The zero-order valence-electron chi connectivity index (χ0n) is 14.0. The topological polar surface area (TPSA) is 108 Å². The quantitative estimate of drug-likeness (QED) is 0.385. The Morgan fingerprint density at radius 3 is 2.28 bits per heavy atom. The normalized spacial score (nSPS) is 9.80. The molecule has 25 heavy (non-hydrogen) atoms. The van der Waals surface area contributed by atoms with Crippen LogP contribution in [0, 0.1) is 0 Å². The molecule has 0 spiro atoms. The van der Waals surface area contributed by atoms with E-state index in [4.69, 9.17) is 4.74 Å². The molecule has 1 N–H and O–H groups in total. The summed E-state index contributed by atoms with van der Waals surface area (Å²) in [7, 11) is 0. The zero-order chi connectivity index (χ0) is 18.5. The number of nitrogens with one attached hydrogen (secondary N) is 1. The third kappa shape index (κ3) is 10.5. The summed E-state index contributed by atoms with van der Waals surface area (Å²) >= 11 is 0. The van der Waals surface area contributed by atoms with Crippen LogP contribution in [0.1, 0.15) is 25.3 Å². The summed E-state index contributed by atoms with van der Waals surface area (Å²) < 4.78 is 14.3. The fourth-order valence-corrected chi connectivity index (χ4v) is 1.68. The lowest BCUT2D eigenvalue weighted by molar-refractivity contribution is -0.146. The van der Waals surface area contributed by atoms with Crippen molar-refractivity contribution in [3.05, 3.63) is 35.9 Å². The molecule has 8 heteroatoms. The summed E-state index contributed by atoms with van der Waals surface area (Å²) in [6, 6.07) is 9.19. The number of hydrogen-bond acceptors (Lipinski definition) is 7. The molecule has 0 atom stereocenters. The Morgan fingerprint density at radius 2 is 1.60 bits per heavy atom. The van der Waals surface area contributed by atoms with Crippen LogP contribution in [0.2, 0.25) is 0 Å². The van der Waals surface area contributed by atoms with Crippen LogP contribution in [-0.4, -0.2) is 43.6 Å². The highest BCUT2D eigenvalue weighted by Crippen LogP contribution is 2.03. The van der Waals surface area contributed by atoms with Gasteiger partial charge in [0.2, 0.25) is 0 Å². The average molecular weight is 351 g/mol. The van der Waals surface area contributed by atoms with Crippen molar-refractivity contribution >= 4 is 23.8 Å². The van der Waals surface area contributed by atoms with Crippen LogP contribution in [0.15, 0.2) is 30.3 Å². The molecule has 0 unspecified atom stereocenters. The van der Waals surface area contributed by atoms with Gasteiger partial charge < -0.3 is 19.5 Å². The molecule has 0 bridgehead atoms. The molecule has 1 aromatic rings. The first-order valence-corrected chi connectivity index (χ1v) is 7.72. The molecule has 136 valence electrons. The zero-order valence-corrected chi connectivity index (χ0v) is 14.0. The lowest BCUT2D eigenvalue weighted by atomic mass is 10.2. The van der Waals surface area contributed by atoms with Crippen LogP contribution in [-0.2, 0) is 35.2 Å². The maximum absolute atomic E-state index is 11.6. The van der Waals surface area contributed by atoms with E-state index in [-0.39, 0.29) is 45.0 Å². The highest BCUT2D eigenvalue weighted by Gasteiger charge is 2.10. The van der Waals surface area contributed by atoms with Gasteiger partial charge in [-0.3, -0.25) is 14.4 Å². The molecule has 1 aromatic carbocycles. The van der Waals surface area contributed by atoms with E-state index < -0.39 is 18.0 Å². The molecule has 0 aromatic heterocycles. The monoisotopic (exact) mass is 351 g/mol. The van der Waals surface area contributed by atoms with Crippen LogP contribution in [0.3, 0.4) is 0 Å². The SMILES string of the molecule is CC(=O)OCCOC(=O)NCC(=O)CCC(=O)OCc1ccccc1. The largest absolute Gasteiger partial charge is 0.462 e. The van der Waals surface area contributed by atoms with Crippen LogP contribution in [0.4, 0.5) is 4.79 Å². The van der Waals surface area contributed by atoms with Gasteiger partial charge in [-0.15, -0.1) is 0 Å². The minimum Gasteiger partial charge on any atom is -0.462 e. The molecule has 1 rings (SSSR count). The second kappa shape index (κ2) is 11.6. The Labute approximate surface area is 145 Å². The number of Topliss-reactive ketones (excluding diaryl/α,β-unsaturated/α-hetero) is 1. The van der Waals surface area contributed by atoms with E-state index >= 15 is 0 Å². The maximum Gasteiger partial charge on any atom is 0.407 e. The Morgan fingerprint density at radius 1 is 0.920 bits per heavy atom. The number of carbonyl (C=O) groups is 4. The number of benzene rings is 1. The number of ether oxygens (including phenoxy) is 3. The summed E-state index contributed by atoms with van der Waals surface area (Å²) in [4.78, 5) is 44.9. The van der Waals surface area contributed by atoms with Crippen molar-refractivity contribution in [1.82, 2.24) is 5.32 Å². The van der Waals surface area contributed by atoms with E-state index in [0.717, 1.165) is 5.56 Å². The predicted molar refractivity (Wildman–Crippen MR) is 86.5 cm³/mol. The third-order valence-electron chi connectivity index (χ3n) is 2.90. The van der Waals surface area contributed by atoms with E-state index in [0.29, 0.717) is 0 Å². The number of ketones is 1. The van der Waals surface area contributed by atoms with Gasteiger partial charge in [-0.25, -0.2) is 4.79 Å². The van der Waals surface area contributed by atoms with Crippen molar-refractivity contribution in [2.45, 2.75) is 26.4 Å². The van der Waals surface area contributed by atoms with Crippen LogP contribution >= 0.6 is 0 Å². The van der Waals surface area contributed by atoms with Gasteiger partial charge in [0, 0.05) is 13.3 Å².